The minimum absolute atomic E-state index is 0.113. The molecule has 0 saturated heterocycles. The van der Waals surface area contributed by atoms with Gasteiger partial charge in [0.15, 0.2) is 4.77 Å². The molecule has 0 bridgehead atoms. The third-order valence-electron chi connectivity index (χ3n) is 3.48. The number of benzene rings is 1. The summed E-state index contributed by atoms with van der Waals surface area (Å²) in [6, 6.07) is 7.72. The van der Waals surface area contributed by atoms with Crippen LogP contribution in [0.5, 0.6) is 0 Å². The molecule has 0 N–H and O–H groups in total. The number of hydrogen-bond acceptors (Lipinski definition) is 5. The monoisotopic (exact) mass is 368 g/mol. The van der Waals surface area contributed by atoms with Gasteiger partial charge < -0.3 is 9.30 Å². The Morgan fingerprint density at radius 2 is 2.04 bits per heavy atom. The Morgan fingerprint density at radius 1 is 1.38 bits per heavy atom. The van der Waals surface area contributed by atoms with E-state index in [-0.39, 0.29) is 12.4 Å². The molecule has 2 aromatic rings. The topological polar surface area (TPSA) is 52.3 Å². The molecule has 1 aromatic heterocycles. The van der Waals surface area contributed by atoms with Crippen LogP contribution < -0.4 is 0 Å². The lowest BCUT2D eigenvalue weighted by molar-refractivity contribution is -0.142. The first-order valence-corrected chi connectivity index (χ1v) is 8.40. The van der Waals surface area contributed by atoms with Gasteiger partial charge in [0.2, 0.25) is 0 Å². The molecule has 0 saturated carbocycles. The van der Waals surface area contributed by atoms with Crippen LogP contribution >= 0.6 is 23.8 Å². The number of ether oxygens (including phenoxy) is 1. The lowest BCUT2D eigenvalue weighted by atomic mass is 10.2. The van der Waals surface area contributed by atoms with Gasteiger partial charge in [-0.2, -0.15) is 5.10 Å². The van der Waals surface area contributed by atoms with Gasteiger partial charge in [-0.15, -0.1) is 0 Å². The van der Waals surface area contributed by atoms with Crippen molar-refractivity contribution in [3.63, 3.8) is 0 Å². The van der Waals surface area contributed by atoms with Gasteiger partial charge in [-0.3, -0.25) is 9.69 Å². The van der Waals surface area contributed by atoms with Gasteiger partial charge in [-0.25, -0.2) is 4.68 Å². The summed E-state index contributed by atoms with van der Waals surface area (Å²) < 4.78 is 8.98. The standard InChI is InChI=1S/C16H21ClN4O2S/c1-4-23-15(22)9-14-18-21(16(24)20(14)3)11-19(2)10-12-5-7-13(17)8-6-12/h5-8H,4,9-11H2,1-3H3. The van der Waals surface area contributed by atoms with Crippen LogP contribution in [-0.4, -0.2) is 38.9 Å². The van der Waals surface area contributed by atoms with E-state index in [0.717, 1.165) is 17.1 Å². The second-order valence-electron chi connectivity index (χ2n) is 5.52. The molecule has 0 aliphatic carbocycles. The molecule has 0 aliphatic rings. The highest BCUT2D eigenvalue weighted by Crippen LogP contribution is 2.11. The summed E-state index contributed by atoms with van der Waals surface area (Å²) in [6.07, 6.45) is 0.113. The van der Waals surface area contributed by atoms with Gasteiger partial charge in [0.1, 0.15) is 12.2 Å². The minimum atomic E-state index is -0.303. The maximum Gasteiger partial charge on any atom is 0.313 e. The SMILES string of the molecule is CCOC(=O)Cc1nn(CN(C)Cc2ccc(Cl)cc2)c(=S)n1C. The van der Waals surface area contributed by atoms with Gasteiger partial charge in [0, 0.05) is 18.6 Å². The number of aromatic nitrogens is 3. The number of hydrogen-bond donors (Lipinski definition) is 0. The van der Waals surface area contributed by atoms with Crippen molar-refractivity contribution in [3.8, 4) is 0 Å². The zero-order chi connectivity index (χ0) is 17.7. The van der Waals surface area contributed by atoms with E-state index in [2.05, 4.69) is 10.00 Å². The van der Waals surface area contributed by atoms with E-state index in [1.54, 1.807) is 23.2 Å². The summed E-state index contributed by atoms with van der Waals surface area (Å²) in [5.41, 5.74) is 1.15. The van der Waals surface area contributed by atoms with Gasteiger partial charge in [0.05, 0.1) is 13.3 Å². The molecule has 0 aliphatic heterocycles. The highest BCUT2D eigenvalue weighted by Gasteiger charge is 2.13. The van der Waals surface area contributed by atoms with Gasteiger partial charge in [-0.1, -0.05) is 23.7 Å². The number of carbonyl (C=O) groups is 1. The predicted molar refractivity (Wildman–Crippen MR) is 95.3 cm³/mol. The molecule has 0 radical (unpaired) electrons. The Balaban J connectivity index is 2.05. The van der Waals surface area contributed by atoms with Crippen LogP contribution in [0.1, 0.15) is 18.3 Å². The highest BCUT2D eigenvalue weighted by molar-refractivity contribution is 7.71. The summed E-state index contributed by atoms with van der Waals surface area (Å²) >= 11 is 11.3. The molecule has 2 rings (SSSR count). The van der Waals surface area contributed by atoms with Gasteiger partial charge in [0.25, 0.3) is 0 Å². The first kappa shape index (κ1) is 18.6. The first-order valence-electron chi connectivity index (χ1n) is 7.62. The van der Waals surface area contributed by atoms with Crippen LogP contribution in [0.3, 0.4) is 0 Å². The van der Waals surface area contributed by atoms with Gasteiger partial charge >= 0.3 is 5.97 Å². The van der Waals surface area contributed by atoms with Crippen LogP contribution in [0, 0.1) is 4.77 Å². The number of rotatable bonds is 7. The highest BCUT2D eigenvalue weighted by atomic mass is 35.5. The number of halogens is 1. The van der Waals surface area contributed by atoms with Crippen molar-refractivity contribution in [1.29, 1.82) is 0 Å². The third kappa shape index (κ3) is 4.90. The Hall–Kier alpha value is -1.70. The van der Waals surface area contributed by atoms with Crippen molar-refractivity contribution in [2.45, 2.75) is 26.6 Å². The van der Waals surface area contributed by atoms with Crippen LogP contribution in [0.4, 0.5) is 0 Å². The second-order valence-corrected chi connectivity index (χ2v) is 6.32. The van der Waals surface area contributed by atoms with E-state index in [0.29, 0.717) is 23.9 Å². The summed E-state index contributed by atoms with van der Waals surface area (Å²) in [5, 5.41) is 5.16. The molecule has 0 amide bonds. The Morgan fingerprint density at radius 3 is 2.67 bits per heavy atom. The molecule has 0 spiro atoms. The lowest BCUT2D eigenvalue weighted by Gasteiger charge is -2.16. The van der Waals surface area contributed by atoms with Crippen LogP contribution in [-0.2, 0) is 36.2 Å². The van der Waals surface area contributed by atoms with Crippen LogP contribution in [0.15, 0.2) is 24.3 Å². The smallest absolute Gasteiger partial charge is 0.313 e. The number of carbonyl (C=O) groups excluding carboxylic acids is 1. The van der Waals surface area contributed by atoms with Crippen molar-refractivity contribution in [2.24, 2.45) is 7.05 Å². The Bertz CT molecular complexity index is 754. The predicted octanol–water partition coefficient (Wildman–Crippen LogP) is 2.80. The van der Waals surface area contributed by atoms with E-state index >= 15 is 0 Å². The molecule has 6 nitrogen and oxygen atoms in total. The van der Waals surface area contributed by atoms with Crippen molar-refractivity contribution in [3.05, 3.63) is 45.4 Å². The van der Waals surface area contributed by atoms with Crippen LogP contribution in [0.25, 0.3) is 0 Å². The van der Waals surface area contributed by atoms with Crippen molar-refractivity contribution >= 4 is 29.8 Å². The quantitative estimate of drug-likeness (QED) is 0.555. The molecular weight excluding hydrogens is 348 g/mol. The van der Waals surface area contributed by atoms with Crippen molar-refractivity contribution < 1.29 is 9.53 Å². The Kier molecular flexibility index (Phi) is 6.53. The fraction of sp³-hybridized carbons (Fsp3) is 0.438. The maximum atomic E-state index is 11.6. The fourth-order valence-electron chi connectivity index (χ4n) is 2.30. The second kappa shape index (κ2) is 8.41. The molecule has 8 heteroatoms. The minimum Gasteiger partial charge on any atom is -0.466 e. The molecule has 0 unspecified atom stereocenters. The largest absolute Gasteiger partial charge is 0.466 e. The average molecular weight is 369 g/mol. The number of nitrogens with zero attached hydrogens (tertiary/aromatic N) is 4. The third-order valence-corrected chi connectivity index (χ3v) is 4.22. The van der Waals surface area contributed by atoms with Gasteiger partial charge in [-0.05, 0) is 43.9 Å². The molecular formula is C16H21ClN4O2S. The maximum absolute atomic E-state index is 11.6. The molecule has 130 valence electrons. The van der Waals surface area contributed by atoms with E-state index in [1.165, 1.54) is 0 Å². The first-order chi connectivity index (χ1) is 11.4. The summed E-state index contributed by atoms with van der Waals surface area (Å²) in [7, 11) is 3.79. The zero-order valence-corrected chi connectivity index (χ0v) is 15.6. The zero-order valence-electron chi connectivity index (χ0n) is 14.0. The molecule has 0 fully saturated rings. The average Bonchev–Trinajstić information content (AvgIpc) is 2.78. The van der Waals surface area contributed by atoms with E-state index in [1.807, 2.05) is 31.3 Å². The summed E-state index contributed by atoms with van der Waals surface area (Å²) in [5.74, 6) is 0.292. The normalized spacial score (nSPS) is 11.0. The Labute approximate surface area is 151 Å². The van der Waals surface area contributed by atoms with Crippen molar-refractivity contribution in [2.75, 3.05) is 13.7 Å². The molecule has 1 aromatic carbocycles. The molecule has 24 heavy (non-hydrogen) atoms. The van der Waals surface area contributed by atoms with Crippen LogP contribution in [0.2, 0.25) is 5.02 Å². The fourth-order valence-corrected chi connectivity index (χ4v) is 2.63. The van der Waals surface area contributed by atoms with E-state index in [4.69, 9.17) is 28.6 Å². The molecule has 0 atom stereocenters. The number of esters is 1. The lowest BCUT2D eigenvalue weighted by Crippen LogP contribution is -2.22. The summed E-state index contributed by atoms with van der Waals surface area (Å²) in [6.45, 7) is 3.40. The molecule has 1 heterocycles. The van der Waals surface area contributed by atoms with Crippen molar-refractivity contribution in [1.82, 2.24) is 19.2 Å². The van der Waals surface area contributed by atoms with E-state index < -0.39 is 0 Å². The van der Waals surface area contributed by atoms with E-state index in [9.17, 15) is 4.79 Å². The summed E-state index contributed by atoms with van der Waals surface area (Å²) in [4.78, 5) is 13.7.